The standard InChI is InChI=1S/C28H30N6O4.C28H32N6O2.C19H24N2O2.C17H18N2O4S.CH3I.I3.5HI.2V/c1-18-13-24(25(34(35)36)14-19(18)2)28-29-31-33(30-28)23-7-5-20(6-8-23)9-11-32-12-10-21-15-26(37-3)27(38-4)16-22(21)17-32;1-18-13-24(25(29)14-19(18)2)28-30-32-34(31-28)23-7-5-20(6-8-23)9-11-33-12-10-21-15-26(35-3)27(36-4)16-22(21)17-33;1-22-18-11-15-8-10-21(13-16(15)12-19(18)23-2)9-7-14-3-5-17(20)6-4-14;1-12-4-6-16(7-5-12)24(22,23)11-18-10-15-8-13(2)14(3)9-17(15)19(20)21;1-2;1-3-2;;;;;;;/h5-8,13-16H,9-12,17H2,1-4H3;5-8,13-16H,9-12,17,29H2,1-4H3;3-6,11-12H,7-10,13,20H2,1-2H3;4-10H,11H2,1-3H3;1H3;;5*1H;;/q;;;;;-1;;;;;;+2;+3/p-5. The van der Waals surface area contributed by atoms with Gasteiger partial charge in [-0.2, -0.15) is 0 Å². The Hall–Kier alpha value is -5.22. The monoisotopic (exact) mass is 2920 g/mol. The van der Waals surface area contributed by atoms with Crippen molar-refractivity contribution in [3.05, 3.63) is 285 Å². The molecule has 3 aliphatic heterocycles. The molecule has 0 atom stereocenters. The fraction of sp³-hybridized carbons (Fsp3) is 0.323. The summed E-state index contributed by atoms with van der Waals surface area (Å²) in [5.74, 6) is 5.06. The Balaban J connectivity index is 0.000000214. The zero-order valence-corrected chi connectivity index (χ0v) is 99.1. The molecule has 15 rings (SSSR count). The normalized spacial score (nSPS) is 12.6. The van der Waals surface area contributed by atoms with Crippen LogP contribution in [0.5, 0.6) is 34.5 Å². The van der Waals surface area contributed by atoms with Gasteiger partial charge in [0.05, 0.1) is 74.3 Å². The molecule has 4 N–H and O–H groups in total. The molecule has 711 valence electrons. The summed E-state index contributed by atoms with van der Waals surface area (Å²) < 4.78 is 57.1. The van der Waals surface area contributed by atoms with Gasteiger partial charge in [-0.25, -0.2) is 8.42 Å². The molecule has 2 aromatic heterocycles. The molecule has 0 radical (unpaired) electrons. The van der Waals surface area contributed by atoms with E-state index in [4.69, 9.17) is 39.9 Å². The predicted molar refractivity (Wildman–Crippen MR) is 588 cm³/mol. The van der Waals surface area contributed by atoms with Crippen molar-refractivity contribution < 1.29 is 74.3 Å². The number of nitrogens with two attached hydrogens (primary N) is 2. The van der Waals surface area contributed by atoms with Crippen LogP contribution in [-0.4, -0.2) is 172 Å². The van der Waals surface area contributed by atoms with E-state index in [2.05, 4.69) is 290 Å². The number of benzene rings is 10. The topological polar surface area (TPSA) is 337 Å². The van der Waals surface area contributed by atoms with E-state index in [0.29, 0.717) is 45.4 Å². The van der Waals surface area contributed by atoms with Gasteiger partial charge in [-0.05, 0) is 295 Å². The van der Waals surface area contributed by atoms with Crippen LogP contribution in [0.1, 0.15) is 94.6 Å². The second-order valence-corrected chi connectivity index (χ2v) is 96.2. The molecule has 0 fully saturated rings. The number of aliphatic imine (C=N–C) groups is 1. The quantitative estimate of drug-likeness (QED) is 0.0134. The molecule has 3 aliphatic rings. The number of aromatic nitrogens is 8. The van der Waals surface area contributed by atoms with E-state index < -0.39 is 25.6 Å². The molecule has 10 aromatic carbocycles. The number of rotatable bonds is 25. The summed E-state index contributed by atoms with van der Waals surface area (Å²) in [6.45, 7) is 22.2. The van der Waals surface area contributed by atoms with Crippen LogP contribution in [0.4, 0.5) is 22.7 Å². The maximum absolute atomic E-state index is 12.2. The summed E-state index contributed by atoms with van der Waals surface area (Å²) >= 11 is 19.6. The fourth-order valence-corrected chi connectivity index (χ4v) is 15.7. The van der Waals surface area contributed by atoms with Crippen LogP contribution in [0.3, 0.4) is 0 Å². The summed E-state index contributed by atoms with van der Waals surface area (Å²) in [6, 6.07) is 54.0. The first-order valence-electron chi connectivity index (χ1n) is 41.4. The Bertz CT molecular complexity index is 5980. The van der Waals surface area contributed by atoms with Crippen LogP contribution < -0.4 is 53.1 Å². The van der Waals surface area contributed by atoms with E-state index in [9.17, 15) is 28.6 Å². The Morgan fingerprint density at radius 1 is 0.474 bits per heavy atom. The Kier molecular flexibility index (Phi) is 48.9. The zero-order chi connectivity index (χ0) is 97.2. The van der Waals surface area contributed by atoms with Crippen molar-refractivity contribution in [2.45, 2.75) is 112 Å². The van der Waals surface area contributed by atoms with E-state index in [1.165, 1.54) is 79.3 Å². The number of aryl methyl sites for hydroxylation is 7. The van der Waals surface area contributed by atoms with E-state index in [1.54, 1.807) is 84.7 Å². The number of fused-ring (bicyclic) bond motifs is 3. The fourth-order valence-electron chi connectivity index (χ4n) is 14.7. The first-order valence-corrected chi connectivity index (χ1v) is 80.3. The molecule has 40 heteroatoms. The van der Waals surface area contributed by atoms with Crippen LogP contribution in [0.25, 0.3) is 34.2 Å². The van der Waals surface area contributed by atoms with Crippen molar-refractivity contribution >= 4 is 199 Å². The van der Waals surface area contributed by atoms with Gasteiger partial charge in [0, 0.05) is 94.2 Å². The van der Waals surface area contributed by atoms with Gasteiger partial charge >= 0.3 is 165 Å². The first-order chi connectivity index (χ1) is 63.8. The molecule has 0 saturated carbocycles. The number of nitro groups is 2. The number of nitrogen functional groups attached to an aromatic ring is 2. The van der Waals surface area contributed by atoms with Crippen LogP contribution in [-0.2, 0) is 82.4 Å². The minimum absolute atomic E-state index is 0.0269. The minimum atomic E-state index is -3.57. The van der Waals surface area contributed by atoms with Crippen LogP contribution in [0.2, 0.25) is 0 Å². The van der Waals surface area contributed by atoms with Gasteiger partial charge in [0.2, 0.25) is 11.6 Å². The molecule has 0 aliphatic carbocycles. The van der Waals surface area contributed by atoms with Crippen LogP contribution in [0, 0.1) is 68.7 Å². The maximum atomic E-state index is 12.2. The first kappa shape index (κ1) is 113. The van der Waals surface area contributed by atoms with Crippen molar-refractivity contribution in [2.75, 3.05) is 104 Å². The van der Waals surface area contributed by atoms with E-state index in [-0.39, 0.29) is 27.0 Å². The number of alkyl halides is 1. The average Bonchev–Trinajstić information content (AvgIpc) is 1.75. The van der Waals surface area contributed by atoms with Crippen molar-refractivity contribution in [2.24, 2.45) is 4.99 Å². The van der Waals surface area contributed by atoms with Crippen molar-refractivity contribution in [1.29, 1.82) is 0 Å². The molecule has 0 saturated heterocycles. The molecule has 0 spiro atoms. The molecule has 133 heavy (non-hydrogen) atoms. The number of hydrogen-bond donors (Lipinski definition) is 2. The predicted octanol–water partition coefficient (Wildman–Crippen LogP) is 19.1. The number of methoxy groups -OCH3 is 6. The van der Waals surface area contributed by atoms with Gasteiger partial charge < -0.3 is 39.9 Å². The van der Waals surface area contributed by atoms with Crippen molar-refractivity contribution in [1.82, 2.24) is 55.1 Å². The SMILES string of the molecule is CI.COc1cc2c(cc1OC)CN(CCc1ccc(-n3nnc(-c4cc(C)c(C)cc4N)n3)cc1)CC2.COc1cc2c(cc1OC)CN(CCc1ccc(-n3nnc(-c4cc(C)c(C)cc4[N+](=O)[O-])n3)cc1)CC2.COc1cc2c(cc1OC)CN(CCc1ccc(N)cc1)CC2.Cc1ccc(S(=O)(=O)CN=Cc2cc(C)c(C)cc2[N+](=O)[O-])cc1.I[I-]I.[I][V]([I])[I].[I][V][I]. The number of sulfone groups is 1. The molecule has 0 bridgehead atoms. The molecule has 0 unspecified atom stereocenters. The third-order valence-electron chi connectivity index (χ3n) is 22.3. The van der Waals surface area contributed by atoms with E-state index in [0.717, 1.165) is 193 Å². The summed E-state index contributed by atoms with van der Waals surface area (Å²) in [5.41, 5.74) is 34.9. The molecule has 12 aromatic rings. The third kappa shape index (κ3) is 34.3. The summed E-state index contributed by atoms with van der Waals surface area (Å²) in [7, 11) is 7.13. The molecule has 28 nitrogen and oxygen atoms in total. The van der Waals surface area contributed by atoms with Gasteiger partial charge in [0.1, 0.15) is 11.4 Å². The number of nitrogens with zero attached hydrogens (tertiary/aromatic N) is 14. The number of hydrogen-bond acceptors (Lipinski definition) is 24. The van der Waals surface area contributed by atoms with Gasteiger partial charge in [-0.15, -0.1) is 30.0 Å². The Morgan fingerprint density at radius 3 is 1.15 bits per heavy atom. The van der Waals surface area contributed by atoms with Crippen LogP contribution >= 0.6 is 160 Å². The molecular weight excluding hydrogens is 2810 g/mol. The van der Waals surface area contributed by atoms with Gasteiger partial charge in [0.25, 0.3) is 11.4 Å². The zero-order valence-electron chi connectivity index (χ0n) is 76.1. The van der Waals surface area contributed by atoms with Gasteiger partial charge in [0.15, 0.2) is 44.3 Å². The van der Waals surface area contributed by atoms with Crippen molar-refractivity contribution in [3.8, 4) is 68.6 Å². The average molecular weight is 2920 g/mol. The van der Waals surface area contributed by atoms with Crippen LogP contribution in [0.15, 0.2) is 180 Å². The second kappa shape index (κ2) is 57.5. The van der Waals surface area contributed by atoms with Gasteiger partial charge in [-0.1, -0.05) is 76.7 Å². The number of nitro benzene ring substituents is 2. The summed E-state index contributed by atoms with van der Waals surface area (Å²) in [4.78, 5) is 38.0. The summed E-state index contributed by atoms with van der Waals surface area (Å²) in [5, 5.41) is 48.4. The number of halogens is 9. The Labute approximate surface area is 889 Å². The molecule has 5 heterocycles. The van der Waals surface area contributed by atoms with Crippen molar-refractivity contribution in [3.63, 3.8) is 0 Å². The second-order valence-electron chi connectivity index (χ2n) is 30.8. The number of ether oxygens (including phenoxy) is 6. The third-order valence-corrected chi connectivity index (χ3v) is 23.8. The van der Waals surface area contributed by atoms with E-state index in [1.807, 2.05) is 88.1 Å². The number of tetrazole rings is 2. The Morgan fingerprint density at radius 2 is 0.789 bits per heavy atom. The van der Waals surface area contributed by atoms with E-state index >= 15 is 0 Å². The van der Waals surface area contributed by atoms with Gasteiger partial charge in [-0.3, -0.25) is 39.9 Å². The molecular formula is C93H107I9N16O12SV2-. The summed E-state index contributed by atoms with van der Waals surface area (Å²) in [6.07, 6.45) is 7.22. The number of anilines is 2. The molecule has 0 amide bonds.